The van der Waals surface area contributed by atoms with E-state index in [1.54, 1.807) is 17.8 Å². The van der Waals surface area contributed by atoms with Gasteiger partial charge in [0.25, 0.3) is 0 Å². The van der Waals surface area contributed by atoms with E-state index in [0.29, 0.717) is 17.3 Å². The lowest BCUT2D eigenvalue weighted by Gasteiger charge is -2.12. The van der Waals surface area contributed by atoms with Crippen LogP contribution in [-0.4, -0.2) is 32.2 Å². The summed E-state index contributed by atoms with van der Waals surface area (Å²) in [4.78, 5) is 17.3. The highest BCUT2D eigenvalue weighted by atomic mass is 32.2. The van der Waals surface area contributed by atoms with E-state index in [1.165, 1.54) is 31.0 Å². The summed E-state index contributed by atoms with van der Waals surface area (Å²) in [5.74, 6) is 1.32. The number of ether oxygens (including phenoxy) is 2. The zero-order valence-electron chi connectivity index (χ0n) is 18.0. The van der Waals surface area contributed by atoms with Crippen LogP contribution in [0.25, 0.3) is 0 Å². The van der Waals surface area contributed by atoms with E-state index < -0.39 is 17.7 Å². The number of carbonyl (C=O) groups is 1. The Labute approximate surface area is 194 Å². The van der Waals surface area contributed by atoms with Crippen molar-refractivity contribution in [1.29, 1.82) is 0 Å². The average Bonchev–Trinajstić information content (AvgIpc) is 2.77. The van der Waals surface area contributed by atoms with Crippen LogP contribution in [0.4, 0.5) is 13.2 Å². The number of nitrogens with zero attached hydrogens (tertiary/aromatic N) is 1. The van der Waals surface area contributed by atoms with Crippen molar-refractivity contribution >= 4 is 36.2 Å². The fourth-order valence-electron chi connectivity index (χ4n) is 2.52. The SMILES string of the molecule is C=N/C(C)=C(/CSc1ccc(OCC(=O)OC)c(C)c1)SCc1ccc(C(F)(F)F)cc1. The minimum absolute atomic E-state index is 0.151. The summed E-state index contributed by atoms with van der Waals surface area (Å²) in [6.07, 6.45) is -4.34. The van der Waals surface area contributed by atoms with Gasteiger partial charge in [0.2, 0.25) is 0 Å². The number of halogens is 3. The summed E-state index contributed by atoms with van der Waals surface area (Å²) in [5, 5.41) is 0. The first kappa shape index (κ1) is 25.9. The van der Waals surface area contributed by atoms with Gasteiger partial charge in [-0.1, -0.05) is 12.1 Å². The maximum Gasteiger partial charge on any atom is 0.416 e. The average molecular weight is 484 g/mol. The quantitative estimate of drug-likeness (QED) is 0.219. The molecule has 0 saturated carbocycles. The van der Waals surface area contributed by atoms with Gasteiger partial charge in [-0.25, -0.2) is 4.79 Å². The predicted molar refractivity (Wildman–Crippen MR) is 124 cm³/mol. The van der Waals surface area contributed by atoms with E-state index in [1.807, 2.05) is 26.0 Å². The van der Waals surface area contributed by atoms with Crippen LogP contribution in [0.5, 0.6) is 5.75 Å². The van der Waals surface area contributed by atoms with Crippen molar-refractivity contribution < 1.29 is 27.4 Å². The molecule has 0 aliphatic carbocycles. The number of methoxy groups -OCH3 is 1. The van der Waals surface area contributed by atoms with Crippen molar-refractivity contribution in [1.82, 2.24) is 0 Å². The first-order valence-electron chi connectivity index (χ1n) is 9.52. The number of aliphatic imine (C=N–C) groups is 1. The lowest BCUT2D eigenvalue weighted by molar-refractivity contribution is -0.143. The normalized spacial score (nSPS) is 12.2. The van der Waals surface area contributed by atoms with Crippen LogP contribution in [0.3, 0.4) is 0 Å². The number of allylic oxidation sites excluding steroid dienone is 1. The monoisotopic (exact) mass is 483 g/mol. The second-order valence-corrected chi connectivity index (χ2v) is 8.85. The fourth-order valence-corrected chi connectivity index (χ4v) is 4.77. The zero-order valence-corrected chi connectivity index (χ0v) is 19.6. The topological polar surface area (TPSA) is 47.9 Å². The molecule has 2 aromatic rings. The van der Waals surface area contributed by atoms with Gasteiger partial charge in [0.1, 0.15) is 5.75 Å². The molecule has 0 spiro atoms. The van der Waals surface area contributed by atoms with Gasteiger partial charge in [-0.15, -0.1) is 23.5 Å². The molecule has 172 valence electrons. The molecule has 4 nitrogen and oxygen atoms in total. The molecule has 0 aliphatic rings. The molecule has 0 saturated heterocycles. The molecule has 0 N–H and O–H groups in total. The third-order valence-corrected chi connectivity index (χ3v) is 6.89. The number of aryl methyl sites for hydroxylation is 1. The van der Waals surface area contributed by atoms with E-state index in [2.05, 4.69) is 16.4 Å². The van der Waals surface area contributed by atoms with Crippen molar-refractivity contribution in [2.45, 2.75) is 30.7 Å². The van der Waals surface area contributed by atoms with Gasteiger partial charge in [-0.3, -0.25) is 4.99 Å². The molecule has 2 rings (SSSR count). The van der Waals surface area contributed by atoms with Gasteiger partial charge in [0.05, 0.1) is 12.7 Å². The minimum Gasteiger partial charge on any atom is -0.482 e. The van der Waals surface area contributed by atoms with Crippen LogP contribution < -0.4 is 4.74 Å². The zero-order chi connectivity index (χ0) is 23.7. The van der Waals surface area contributed by atoms with E-state index >= 15 is 0 Å². The predicted octanol–water partition coefficient (Wildman–Crippen LogP) is 6.52. The summed E-state index contributed by atoms with van der Waals surface area (Å²) in [6.45, 7) is 7.19. The molecular weight excluding hydrogens is 459 g/mol. The van der Waals surface area contributed by atoms with Crippen LogP contribution in [0.2, 0.25) is 0 Å². The van der Waals surface area contributed by atoms with Gasteiger partial charge in [-0.2, -0.15) is 13.2 Å². The van der Waals surface area contributed by atoms with E-state index in [-0.39, 0.29) is 6.61 Å². The number of esters is 1. The van der Waals surface area contributed by atoms with Gasteiger partial charge in [-0.05, 0) is 62.0 Å². The number of hydrogen-bond donors (Lipinski definition) is 0. The molecule has 2 aromatic carbocycles. The van der Waals surface area contributed by atoms with Crippen molar-refractivity contribution in [3.63, 3.8) is 0 Å². The standard InChI is InChI=1S/C23H24F3NO3S2/c1-15-11-19(9-10-20(15)30-12-22(28)29-4)31-14-21(16(2)27-3)32-13-17-5-7-18(8-6-17)23(24,25)26/h5-11H,3,12-14H2,1-2,4H3/b21-16-. The van der Waals surface area contributed by atoms with Crippen LogP contribution >= 0.6 is 23.5 Å². The number of benzene rings is 2. The molecular formula is C23H24F3NO3S2. The van der Waals surface area contributed by atoms with Gasteiger partial charge >= 0.3 is 12.1 Å². The first-order chi connectivity index (χ1) is 15.1. The second kappa shape index (κ2) is 12.0. The van der Waals surface area contributed by atoms with E-state index in [4.69, 9.17) is 4.74 Å². The maximum absolute atomic E-state index is 12.7. The molecule has 0 unspecified atom stereocenters. The third kappa shape index (κ3) is 7.94. The molecule has 0 fully saturated rings. The number of alkyl halides is 3. The minimum atomic E-state index is -4.34. The van der Waals surface area contributed by atoms with Crippen LogP contribution in [0.15, 0.2) is 63.0 Å². The number of carbonyl (C=O) groups excluding carboxylic acids is 1. The van der Waals surface area contributed by atoms with Crippen LogP contribution in [-0.2, 0) is 21.5 Å². The number of hydrogen-bond acceptors (Lipinski definition) is 6. The van der Waals surface area contributed by atoms with Crippen LogP contribution in [0, 0.1) is 6.92 Å². The Balaban J connectivity index is 1.99. The van der Waals surface area contributed by atoms with E-state index in [9.17, 15) is 18.0 Å². The highest BCUT2D eigenvalue weighted by molar-refractivity contribution is 8.05. The Morgan fingerprint density at radius 1 is 1.16 bits per heavy atom. The summed E-state index contributed by atoms with van der Waals surface area (Å²) >= 11 is 3.13. The molecule has 0 amide bonds. The smallest absolute Gasteiger partial charge is 0.416 e. The third-order valence-electron chi connectivity index (χ3n) is 4.42. The Hall–Kier alpha value is -2.39. The molecule has 9 heteroatoms. The maximum atomic E-state index is 12.7. The van der Waals surface area contributed by atoms with Crippen molar-refractivity contribution in [3.8, 4) is 5.75 Å². The van der Waals surface area contributed by atoms with Gasteiger partial charge in [0.15, 0.2) is 6.61 Å². The molecule has 0 atom stereocenters. The lowest BCUT2D eigenvalue weighted by atomic mass is 10.1. The van der Waals surface area contributed by atoms with Gasteiger partial charge in [0, 0.05) is 27.0 Å². The van der Waals surface area contributed by atoms with Crippen molar-refractivity contribution in [2.75, 3.05) is 19.5 Å². The summed E-state index contributed by atoms with van der Waals surface area (Å²) < 4.78 is 48.2. The number of thioether (sulfide) groups is 2. The molecule has 0 radical (unpaired) electrons. The molecule has 32 heavy (non-hydrogen) atoms. The molecule has 0 aliphatic heterocycles. The fraction of sp³-hybridized carbons (Fsp3) is 0.304. The Morgan fingerprint density at radius 3 is 2.41 bits per heavy atom. The summed E-state index contributed by atoms with van der Waals surface area (Å²) in [7, 11) is 1.30. The Kier molecular flexibility index (Phi) is 9.71. The lowest BCUT2D eigenvalue weighted by Crippen LogP contribution is -2.12. The first-order valence-corrected chi connectivity index (χ1v) is 11.5. The number of rotatable bonds is 10. The van der Waals surface area contributed by atoms with E-state index in [0.717, 1.165) is 38.8 Å². The largest absolute Gasteiger partial charge is 0.482 e. The Morgan fingerprint density at radius 2 is 1.84 bits per heavy atom. The second-order valence-electron chi connectivity index (χ2n) is 6.73. The summed E-state index contributed by atoms with van der Waals surface area (Å²) in [5.41, 5.74) is 1.81. The van der Waals surface area contributed by atoms with Crippen LogP contribution in [0.1, 0.15) is 23.6 Å². The van der Waals surface area contributed by atoms with Crippen molar-refractivity contribution in [2.24, 2.45) is 4.99 Å². The highest BCUT2D eigenvalue weighted by Crippen LogP contribution is 2.34. The molecule has 0 heterocycles. The van der Waals surface area contributed by atoms with Crippen molar-refractivity contribution in [3.05, 3.63) is 69.8 Å². The van der Waals surface area contributed by atoms with Gasteiger partial charge < -0.3 is 9.47 Å². The summed E-state index contributed by atoms with van der Waals surface area (Å²) in [6, 6.07) is 10.9. The molecule has 0 aromatic heterocycles. The highest BCUT2D eigenvalue weighted by Gasteiger charge is 2.29. The Bertz CT molecular complexity index is 973. The molecule has 0 bridgehead atoms.